The number of carbonyl (C=O) groups is 2. The monoisotopic (exact) mass is 479 g/mol. The number of para-hydroxylation sites is 1. The number of carboxylic acid groups (broad SMARTS) is 2. The van der Waals surface area contributed by atoms with Gasteiger partial charge >= 0.3 is 12.2 Å². The predicted molar refractivity (Wildman–Crippen MR) is 139 cm³/mol. The van der Waals surface area contributed by atoms with Crippen LogP contribution >= 0.6 is 0 Å². The summed E-state index contributed by atoms with van der Waals surface area (Å²) >= 11 is 0. The number of fused-ring (bicyclic) bond motifs is 3. The van der Waals surface area contributed by atoms with Crippen molar-refractivity contribution in [3.63, 3.8) is 0 Å². The molecule has 35 heavy (non-hydrogen) atoms. The van der Waals surface area contributed by atoms with Gasteiger partial charge in [-0.25, -0.2) is 9.59 Å². The number of nitrogens with one attached hydrogen (secondary N) is 1. The lowest BCUT2D eigenvalue weighted by atomic mass is 9.50. The van der Waals surface area contributed by atoms with Crippen molar-refractivity contribution in [2.75, 3.05) is 16.8 Å². The lowest BCUT2D eigenvalue weighted by Gasteiger charge is -2.65. The van der Waals surface area contributed by atoms with Gasteiger partial charge in [-0.15, -0.1) is 0 Å². The largest absolute Gasteiger partial charge is 0.465 e. The van der Waals surface area contributed by atoms with Gasteiger partial charge in [0.25, 0.3) is 0 Å². The third-order valence-electron chi connectivity index (χ3n) is 7.93. The van der Waals surface area contributed by atoms with Crippen LogP contribution in [-0.2, 0) is 0 Å². The van der Waals surface area contributed by atoms with Gasteiger partial charge in [0.2, 0.25) is 0 Å². The van der Waals surface area contributed by atoms with Crippen molar-refractivity contribution in [2.45, 2.75) is 72.4 Å². The summed E-state index contributed by atoms with van der Waals surface area (Å²) in [5, 5.41) is 24.2. The van der Waals surface area contributed by atoms with Gasteiger partial charge in [-0.1, -0.05) is 59.7 Å². The first-order valence-electron chi connectivity index (χ1n) is 12.2. The molecule has 2 heterocycles. The minimum absolute atomic E-state index is 0.289. The quantitative estimate of drug-likeness (QED) is 0.435. The number of anilines is 3. The molecule has 0 unspecified atom stereocenters. The van der Waals surface area contributed by atoms with E-state index in [0.717, 1.165) is 22.5 Å². The summed E-state index contributed by atoms with van der Waals surface area (Å²) in [6.45, 7) is 14.7. The highest BCUT2D eigenvalue weighted by Crippen LogP contribution is 2.64. The van der Waals surface area contributed by atoms with Gasteiger partial charge in [0.15, 0.2) is 0 Å². The Balaban J connectivity index is 2.02. The Morgan fingerprint density at radius 2 is 1.54 bits per heavy atom. The van der Waals surface area contributed by atoms with E-state index in [-0.39, 0.29) is 18.5 Å². The van der Waals surface area contributed by atoms with Crippen LogP contribution in [0, 0.1) is 17.8 Å². The summed E-state index contributed by atoms with van der Waals surface area (Å²) in [7, 11) is 0. The number of rotatable bonds is 2. The Labute approximate surface area is 207 Å². The minimum Gasteiger partial charge on any atom is -0.465 e. The van der Waals surface area contributed by atoms with E-state index >= 15 is 0 Å². The van der Waals surface area contributed by atoms with Crippen molar-refractivity contribution in [3.8, 4) is 0 Å². The Bertz CT molecular complexity index is 1130. The van der Waals surface area contributed by atoms with Gasteiger partial charge < -0.3 is 20.4 Å². The van der Waals surface area contributed by atoms with Crippen LogP contribution in [0.3, 0.4) is 0 Å². The van der Waals surface area contributed by atoms with Crippen molar-refractivity contribution >= 4 is 29.2 Å². The zero-order chi connectivity index (χ0) is 25.9. The van der Waals surface area contributed by atoms with Crippen molar-refractivity contribution < 1.29 is 19.8 Å². The molecule has 0 aromatic heterocycles. The zero-order valence-corrected chi connectivity index (χ0v) is 21.7. The molecule has 2 aromatic carbocycles. The predicted octanol–water partition coefficient (Wildman–Crippen LogP) is 6.90. The van der Waals surface area contributed by atoms with Crippen LogP contribution in [-0.4, -0.2) is 45.4 Å². The number of likely N-dealkylation sites (tertiary alicyclic amines) is 1. The van der Waals surface area contributed by atoms with E-state index in [2.05, 4.69) is 46.9 Å². The average Bonchev–Trinajstić information content (AvgIpc) is 3.07. The summed E-state index contributed by atoms with van der Waals surface area (Å²) in [5.41, 5.74) is 2.43. The second-order valence-electron chi connectivity index (χ2n) is 11.9. The maximum atomic E-state index is 12.7. The van der Waals surface area contributed by atoms with Gasteiger partial charge in [0.05, 0.1) is 17.3 Å². The van der Waals surface area contributed by atoms with Crippen molar-refractivity contribution in [1.29, 1.82) is 0 Å². The Morgan fingerprint density at radius 3 is 2.06 bits per heavy atom. The van der Waals surface area contributed by atoms with E-state index in [0.29, 0.717) is 12.1 Å². The molecule has 2 amide bonds. The van der Waals surface area contributed by atoms with Crippen molar-refractivity contribution in [3.05, 3.63) is 53.6 Å². The highest BCUT2D eigenvalue weighted by atomic mass is 16.4. The molecule has 0 bridgehead atoms. The third kappa shape index (κ3) is 3.63. The van der Waals surface area contributed by atoms with E-state index in [9.17, 15) is 19.8 Å². The SMILES string of the molecule is Cc1cc(Nc2ccccc2)cc2c1N(C(=O)O)[C@H]1CCN(C(=O)O)C(C(C)(C)C)(C(C)(C)C)[C@H]21. The molecule has 2 aromatic rings. The second-order valence-corrected chi connectivity index (χ2v) is 11.9. The highest BCUT2D eigenvalue weighted by molar-refractivity contribution is 5.93. The Kier molecular flexibility index (Phi) is 5.81. The number of hydrogen-bond acceptors (Lipinski definition) is 3. The fraction of sp³-hybridized carbons (Fsp3) is 0.500. The van der Waals surface area contributed by atoms with Gasteiger partial charge in [-0.3, -0.25) is 4.90 Å². The van der Waals surface area contributed by atoms with E-state index in [1.807, 2.05) is 49.4 Å². The van der Waals surface area contributed by atoms with Gasteiger partial charge in [0, 0.05) is 23.8 Å². The number of nitrogens with zero attached hydrogens (tertiary/aromatic N) is 2. The molecular weight excluding hydrogens is 442 g/mol. The maximum Gasteiger partial charge on any atom is 0.412 e. The molecule has 2 atom stereocenters. The molecule has 188 valence electrons. The third-order valence-corrected chi connectivity index (χ3v) is 7.93. The van der Waals surface area contributed by atoms with Crippen LogP contribution in [0.4, 0.5) is 26.7 Å². The molecule has 0 aliphatic carbocycles. The van der Waals surface area contributed by atoms with E-state index in [1.54, 1.807) is 4.90 Å². The molecule has 3 N–H and O–H groups in total. The van der Waals surface area contributed by atoms with Crippen molar-refractivity contribution in [1.82, 2.24) is 4.90 Å². The fourth-order valence-electron chi connectivity index (χ4n) is 7.41. The standard InChI is InChI=1S/C28H37N3O4/c1-17-15-19(29-18-11-9-8-10-12-18)16-20-22-21(31(23(17)20)25(34)35)13-14-30(24(32)33)28(22,26(2,3)4)27(5,6)7/h8-12,15-16,21-22,29H,13-14H2,1-7H3,(H,32,33)(H,34,35)/t21-,22+/m0/s1. The maximum absolute atomic E-state index is 12.7. The van der Waals surface area contributed by atoms with Crippen LogP contribution in [0.1, 0.15) is 65.0 Å². The topological polar surface area (TPSA) is 93.1 Å². The van der Waals surface area contributed by atoms with Crippen LogP contribution in [0.15, 0.2) is 42.5 Å². The summed E-state index contributed by atoms with van der Waals surface area (Å²) in [6, 6.07) is 13.5. The van der Waals surface area contributed by atoms with Crippen LogP contribution < -0.4 is 10.2 Å². The number of benzene rings is 2. The molecule has 0 spiro atoms. The molecule has 0 radical (unpaired) electrons. The van der Waals surface area contributed by atoms with E-state index < -0.39 is 28.6 Å². The normalized spacial score (nSPS) is 21.3. The van der Waals surface area contributed by atoms with E-state index in [1.165, 1.54) is 4.90 Å². The van der Waals surface area contributed by atoms with E-state index in [4.69, 9.17) is 0 Å². The molecule has 0 saturated carbocycles. The van der Waals surface area contributed by atoms with Crippen molar-refractivity contribution in [2.24, 2.45) is 10.8 Å². The molecule has 7 nitrogen and oxygen atoms in total. The molecule has 1 fully saturated rings. The van der Waals surface area contributed by atoms with Crippen LogP contribution in [0.25, 0.3) is 0 Å². The number of amides is 2. The molecule has 2 aliphatic heterocycles. The van der Waals surface area contributed by atoms with Gasteiger partial charge in [0.1, 0.15) is 0 Å². The smallest absolute Gasteiger partial charge is 0.412 e. The first-order valence-corrected chi connectivity index (χ1v) is 12.2. The number of piperidine rings is 1. The summed E-state index contributed by atoms with van der Waals surface area (Å²) in [5.74, 6) is -0.324. The molecule has 2 aliphatic rings. The lowest BCUT2D eigenvalue weighted by Crippen LogP contribution is -2.73. The molecule has 7 heteroatoms. The van der Waals surface area contributed by atoms with Crippen LogP contribution in [0.5, 0.6) is 0 Å². The average molecular weight is 480 g/mol. The Morgan fingerprint density at radius 1 is 0.943 bits per heavy atom. The number of aryl methyl sites for hydroxylation is 1. The first-order chi connectivity index (χ1) is 16.2. The molecule has 4 rings (SSSR count). The zero-order valence-electron chi connectivity index (χ0n) is 21.7. The molecular formula is C28H37N3O4. The first kappa shape index (κ1) is 24.9. The fourth-order valence-corrected chi connectivity index (χ4v) is 7.41. The van der Waals surface area contributed by atoms with Gasteiger partial charge in [-0.2, -0.15) is 0 Å². The van der Waals surface area contributed by atoms with Crippen LogP contribution in [0.2, 0.25) is 0 Å². The Hall–Kier alpha value is -3.22. The number of hydrogen-bond donors (Lipinski definition) is 3. The lowest BCUT2D eigenvalue weighted by molar-refractivity contribution is -0.113. The second kappa shape index (κ2) is 8.18. The summed E-state index contributed by atoms with van der Waals surface area (Å²) < 4.78 is 0. The summed E-state index contributed by atoms with van der Waals surface area (Å²) in [6.07, 6.45) is -1.50. The molecule has 1 saturated heterocycles. The summed E-state index contributed by atoms with van der Waals surface area (Å²) in [4.78, 5) is 28.5. The minimum atomic E-state index is -0.994. The highest BCUT2D eigenvalue weighted by Gasteiger charge is 2.67. The van der Waals surface area contributed by atoms with Gasteiger partial charge in [-0.05, 0) is 59.6 Å².